The number of aliphatic hydroxyl groups is 1. The maximum absolute atomic E-state index is 9.82. The van der Waals surface area contributed by atoms with Gasteiger partial charge in [0.05, 0.1) is 6.10 Å². The molecule has 84 valence electrons. The van der Waals surface area contributed by atoms with E-state index in [9.17, 15) is 5.11 Å². The van der Waals surface area contributed by atoms with E-state index in [1.54, 1.807) is 0 Å². The first-order valence-corrected chi connectivity index (χ1v) is 6.89. The Morgan fingerprint density at radius 3 is 2.07 bits per heavy atom. The fraction of sp³-hybridized carbons (Fsp3) is 0.500. The van der Waals surface area contributed by atoms with Gasteiger partial charge in [0.15, 0.2) is 0 Å². The summed E-state index contributed by atoms with van der Waals surface area (Å²) in [4.78, 5) is 1.34. The molecule has 0 fully saturated rings. The number of aliphatic hydroxyl groups excluding tert-OH is 1. The molecule has 1 aromatic carbocycles. The monoisotopic (exact) mass is 288 g/mol. The number of hydrogen-bond acceptors (Lipinski definition) is 2. The molecular formula is C12H17BrOS. The predicted octanol–water partition coefficient (Wildman–Crippen LogP) is 4.00. The maximum atomic E-state index is 9.82. The average Bonchev–Trinajstić information content (AvgIpc) is 2.17. The largest absolute Gasteiger partial charge is 0.387 e. The third kappa shape index (κ3) is 4.17. The average molecular weight is 289 g/mol. The second-order valence-corrected chi connectivity index (χ2v) is 6.95. The van der Waals surface area contributed by atoms with Crippen LogP contribution in [-0.2, 0) is 0 Å². The van der Waals surface area contributed by atoms with Gasteiger partial charge in [-0.3, -0.25) is 0 Å². The SMILES string of the molecule is CC(C)Sc1ccc(C(O)C(C)Br)cc1. The fourth-order valence-corrected chi connectivity index (χ4v) is 2.42. The Balaban J connectivity index is 2.72. The molecule has 0 aromatic heterocycles. The highest BCUT2D eigenvalue weighted by Crippen LogP contribution is 2.27. The Kier molecular flexibility index (Phi) is 5.16. The highest BCUT2D eigenvalue weighted by molar-refractivity contribution is 9.09. The molecule has 0 heterocycles. The summed E-state index contributed by atoms with van der Waals surface area (Å²) in [5.74, 6) is 0. The van der Waals surface area contributed by atoms with E-state index >= 15 is 0 Å². The van der Waals surface area contributed by atoms with Gasteiger partial charge in [0, 0.05) is 15.0 Å². The van der Waals surface area contributed by atoms with Crippen LogP contribution >= 0.6 is 27.7 Å². The van der Waals surface area contributed by atoms with Gasteiger partial charge >= 0.3 is 0 Å². The summed E-state index contributed by atoms with van der Waals surface area (Å²) in [6.07, 6.45) is -0.428. The van der Waals surface area contributed by atoms with Crippen molar-refractivity contribution in [2.24, 2.45) is 0 Å². The normalized spacial score (nSPS) is 15.3. The number of benzene rings is 1. The van der Waals surface area contributed by atoms with Gasteiger partial charge in [-0.25, -0.2) is 0 Å². The third-order valence-electron chi connectivity index (χ3n) is 2.03. The van der Waals surface area contributed by atoms with Crippen molar-refractivity contribution in [2.45, 2.75) is 41.8 Å². The molecule has 1 nitrogen and oxygen atoms in total. The molecule has 2 unspecified atom stereocenters. The molecule has 0 aliphatic rings. The van der Waals surface area contributed by atoms with Gasteiger partial charge in [-0.1, -0.05) is 41.9 Å². The molecule has 0 saturated heterocycles. The van der Waals surface area contributed by atoms with E-state index in [0.29, 0.717) is 5.25 Å². The van der Waals surface area contributed by atoms with E-state index in [-0.39, 0.29) is 4.83 Å². The predicted molar refractivity (Wildman–Crippen MR) is 70.8 cm³/mol. The van der Waals surface area contributed by atoms with Crippen molar-refractivity contribution in [3.8, 4) is 0 Å². The standard InChI is InChI=1S/C12H17BrOS/c1-8(2)15-11-6-4-10(5-7-11)12(14)9(3)13/h4-9,12,14H,1-3H3. The molecule has 0 saturated carbocycles. The first-order valence-electron chi connectivity index (χ1n) is 5.09. The summed E-state index contributed by atoms with van der Waals surface area (Å²) in [5.41, 5.74) is 0.965. The number of thioether (sulfide) groups is 1. The lowest BCUT2D eigenvalue weighted by molar-refractivity contribution is 0.181. The third-order valence-corrected chi connectivity index (χ3v) is 3.54. The van der Waals surface area contributed by atoms with Gasteiger partial charge in [0.25, 0.3) is 0 Å². The molecule has 0 bridgehead atoms. The lowest BCUT2D eigenvalue weighted by atomic mass is 10.1. The van der Waals surface area contributed by atoms with Crippen LogP contribution in [0.15, 0.2) is 29.2 Å². The van der Waals surface area contributed by atoms with Crippen molar-refractivity contribution in [3.05, 3.63) is 29.8 Å². The zero-order chi connectivity index (χ0) is 11.4. The van der Waals surface area contributed by atoms with E-state index in [0.717, 1.165) is 5.56 Å². The molecule has 1 aromatic rings. The van der Waals surface area contributed by atoms with Gasteiger partial charge < -0.3 is 5.11 Å². The summed E-state index contributed by atoms with van der Waals surface area (Å²) in [6, 6.07) is 8.12. The molecular weight excluding hydrogens is 272 g/mol. The molecule has 3 heteroatoms. The molecule has 0 amide bonds. The first kappa shape index (κ1) is 13.1. The lowest BCUT2D eigenvalue weighted by Crippen LogP contribution is -2.07. The van der Waals surface area contributed by atoms with Crippen molar-refractivity contribution >= 4 is 27.7 Å². The zero-order valence-corrected chi connectivity index (χ0v) is 11.7. The number of hydrogen-bond donors (Lipinski definition) is 1. The Bertz CT molecular complexity index is 295. The highest BCUT2D eigenvalue weighted by Gasteiger charge is 2.12. The molecule has 1 N–H and O–H groups in total. The molecule has 0 aliphatic carbocycles. The summed E-state index contributed by atoms with van der Waals surface area (Å²) in [5, 5.41) is 10.4. The van der Waals surface area contributed by atoms with Crippen LogP contribution in [0.25, 0.3) is 0 Å². The van der Waals surface area contributed by atoms with Crippen molar-refractivity contribution < 1.29 is 5.11 Å². The molecule has 1 rings (SSSR count). The zero-order valence-electron chi connectivity index (χ0n) is 9.27. The van der Waals surface area contributed by atoms with E-state index in [1.807, 2.05) is 30.8 Å². The Morgan fingerprint density at radius 2 is 1.67 bits per heavy atom. The minimum absolute atomic E-state index is 0.0844. The van der Waals surface area contributed by atoms with E-state index < -0.39 is 6.10 Å². The van der Waals surface area contributed by atoms with Gasteiger partial charge in [0.1, 0.15) is 0 Å². The topological polar surface area (TPSA) is 20.2 Å². The number of halogens is 1. The van der Waals surface area contributed by atoms with Crippen LogP contribution in [0.3, 0.4) is 0 Å². The van der Waals surface area contributed by atoms with Crippen molar-refractivity contribution in [1.29, 1.82) is 0 Å². The van der Waals surface area contributed by atoms with Crippen LogP contribution < -0.4 is 0 Å². The summed E-state index contributed by atoms with van der Waals surface area (Å²) < 4.78 is 0. The van der Waals surface area contributed by atoms with Gasteiger partial charge in [0.2, 0.25) is 0 Å². The second-order valence-electron chi connectivity index (χ2n) is 3.86. The molecule has 0 spiro atoms. The minimum Gasteiger partial charge on any atom is -0.387 e. The Morgan fingerprint density at radius 1 is 1.13 bits per heavy atom. The lowest BCUT2D eigenvalue weighted by Gasteiger charge is -2.14. The summed E-state index contributed by atoms with van der Waals surface area (Å²) in [6.45, 7) is 6.30. The maximum Gasteiger partial charge on any atom is 0.0912 e. The second kappa shape index (κ2) is 5.92. The molecule has 2 atom stereocenters. The number of alkyl halides is 1. The quantitative estimate of drug-likeness (QED) is 0.667. The van der Waals surface area contributed by atoms with Gasteiger partial charge in [-0.15, -0.1) is 11.8 Å². The Hall–Kier alpha value is 0.01000. The van der Waals surface area contributed by atoms with Crippen LogP contribution in [0, 0.1) is 0 Å². The van der Waals surface area contributed by atoms with E-state index in [2.05, 4.69) is 41.9 Å². The van der Waals surface area contributed by atoms with E-state index in [4.69, 9.17) is 0 Å². The smallest absolute Gasteiger partial charge is 0.0912 e. The van der Waals surface area contributed by atoms with Crippen molar-refractivity contribution in [3.63, 3.8) is 0 Å². The van der Waals surface area contributed by atoms with Crippen LogP contribution in [0.2, 0.25) is 0 Å². The minimum atomic E-state index is -0.428. The van der Waals surface area contributed by atoms with Crippen molar-refractivity contribution in [1.82, 2.24) is 0 Å². The number of rotatable bonds is 4. The van der Waals surface area contributed by atoms with Crippen LogP contribution in [0.5, 0.6) is 0 Å². The Labute approximate surface area is 104 Å². The first-order chi connectivity index (χ1) is 7.00. The fourth-order valence-electron chi connectivity index (χ4n) is 1.28. The molecule has 0 radical (unpaired) electrons. The van der Waals surface area contributed by atoms with Gasteiger partial charge in [-0.05, 0) is 24.6 Å². The van der Waals surface area contributed by atoms with Crippen LogP contribution in [0.4, 0.5) is 0 Å². The summed E-state index contributed by atoms with van der Waals surface area (Å²) in [7, 11) is 0. The van der Waals surface area contributed by atoms with Crippen molar-refractivity contribution in [2.75, 3.05) is 0 Å². The molecule has 0 aliphatic heterocycles. The molecule has 15 heavy (non-hydrogen) atoms. The van der Waals surface area contributed by atoms with Crippen LogP contribution in [-0.4, -0.2) is 15.2 Å². The van der Waals surface area contributed by atoms with Gasteiger partial charge in [-0.2, -0.15) is 0 Å². The van der Waals surface area contributed by atoms with E-state index in [1.165, 1.54) is 4.90 Å². The summed E-state index contributed by atoms with van der Waals surface area (Å²) >= 11 is 5.21. The van der Waals surface area contributed by atoms with Crippen LogP contribution in [0.1, 0.15) is 32.4 Å². The highest BCUT2D eigenvalue weighted by atomic mass is 79.9.